The molecule has 0 aromatic heterocycles. The maximum absolute atomic E-state index is 11.4. The second kappa shape index (κ2) is 4.30. The Morgan fingerprint density at radius 1 is 1.64 bits per heavy atom. The summed E-state index contributed by atoms with van der Waals surface area (Å²) >= 11 is 0. The zero-order valence-corrected chi connectivity index (χ0v) is 7.38. The SMILES string of the molecule is C=CC(C#N)P(=O)(OC)OC. The smallest absolute Gasteiger partial charge is 0.311 e. The lowest BCUT2D eigenvalue weighted by Gasteiger charge is -2.14. The molecule has 0 rings (SSSR count). The Morgan fingerprint density at radius 2 is 2.09 bits per heavy atom. The lowest BCUT2D eigenvalue weighted by molar-refractivity contribution is 0.274. The van der Waals surface area contributed by atoms with Crippen LogP contribution in [0, 0.1) is 11.3 Å². The molecule has 0 bridgehead atoms. The minimum Gasteiger partial charge on any atom is -0.311 e. The fraction of sp³-hybridized carbons (Fsp3) is 0.500. The molecular formula is C6H10NO3P. The van der Waals surface area contributed by atoms with Gasteiger partial charge in [0.1, 0.15) is 0 Å². The van der Waals surface area contributed by atoms with Crippen LogP contribution in [0.4, 0.5) is 0 Å². The predicted octanol–water partition coefficient (Wildman–Crippen LogP) is 1.55. The average molecular weight is 175 g/mol. The van der Waals surface area contributed by atoms with E-state index in [1.807, 2.05) is 0 Å². The molecule has 0 radical (unpaired) electrons. The van der Waals surface area contributed by atoms with Crippen LogP contribution in [0.2, 0.25) is 0 Å². The van der Waals surface area contributed by atoms with Crippen molar-refractivity contribution in [3.8, 4) is 6.07 Å². The molecule has 5 heteroatoms. The minimum absolute atomic E-state index is 0.891. The van der Waals surface area contributed by atoms with E-state index in [2.05, 4.69) is 15.6 Å². The van der Waals surface area contributed by atoms with Gasteiger partial charge in [0.05, 0.1) is 6.07 Å². The normalized spacial score (nSPS) is 13.5. The second-order valence-corrected chi connectivity index (χ2v) is 4.08. The summed E-state index contributed by atoms with van der Waals surface area (Å²) in [7, 11) is -0.802. The number of allylic oxidation sites excluding steroid dienone is 1. The van der Waals surface area contributed by atoms with Crippen LogP contribution in [-0.2, 0) is 13.6 Å². The van der Waals surface area contributed by atoms with Gasteiger partial charge in [-0.15, -0.1) is 6.58 Å². The lowest BCUT2D eigenvalue weighted by atomic mass is 10.5. The minimum atomic E-state index is -3.27. The van der Waals surface area contributed by atoms with E-state index in [0.29, 0.717) is 0 Å². The number of nitriles is 1. The van der Waals surface area contributed by atoms with E-state index < -0.39 is 13.3 Å². The summed E-state index contributed by atoms with van der Waals surface area (Å²) in [5.41, 5.74) is -0.891. The van der Waals surface area contributed by atoms with Crippen LogP contribution in [0.5, 0.6) is 0 Å². The Hall–Kier alpha value is -0.620. The van der Waals surface area contributed by atoms with Crippen LogP contribution in [-0.4, -0.2) is 19.9 Å². The molecule has 0 aromatic carbocycles. The molecule has 62 valence electrons. The van der Waals surface area contributed by atoms with E-state index in [-0.39, 0.29) is 0 Å². The molecule has 1 atom stereocenters. The van der Waals surface area contributed by atoms with Crippen LogP contribution in [0.3, 0.4) is 0 Å². The standard InChI is InChI=1S/C6H10NO3P/c1-4-6(5-7)11(8,9-2)10-3/h4,6H,1H2,2-3H3. The molecule has 0 aliphatic heterocycles. The van der Waals surface area contributed by atoms with E-state index >= 15 is 0 Å². The highest BCUT2D eigenvalue weighted by Gasteiger charge is 2.31. The Morgan fingerprint density at radius 3 is 2.18 bits per heavy atom. The summed E-state index contributed by atoms with van der Waals surface area (Å²) in [4.78, 5) is 0. The molecule has 0 heterocycles. The van der Waals surface area contributed by atoms with Crippen LogP contribution in [0.15, 0.2) is 12.7 Å². The largest absolute Gasteiger partial charge is 0.351 e. The first-order chi connectivity index (χ1) is 5.14. The zero-order valence-electron chi connectivity index (χ0n) is 6.48. The van der Waals surface area contributed by atoms with Crippen molar-refractivity contribution < 1.29 is 13.6 Å². The summed E-state index contributed by atoms with van der Waals surface area (Å²) in [6, 6.07) is 1.76. The number of hydrogen-bond acceptors (Lipinski definition) is 4. The third-order valence-electron chi connectivity index (χ3n) is 1.21. The van der Waals surface area contributed by atoms with Gasteiger partial charge in [0.25, 0.3) is 0 Å². The van der Waals surface area contributed by atoms with Gasteiger partial charge < -0.3 is 9.05 Å². The molecule has 0 amide bonds. The van der Waals surface area contributed by atoms with Crippen molar-refractivity contribution in [1.29, 1.82) is 5.26 Å². The van der Waals surface area contributed by atoms with Crippen LogP contribution in [0.25, 0.3) is 0 Å². The van der Waals surface area contributed by atoms with Crippen molar-refractivity contribution in [3.63, 3.8) is 0 Å². The quantitative estimate of drug-likeness (QED) is 0.480. The molecule has 1 unspecified atom stereocenters. The van der Waals surface area contributed by atoms with Crippen molar-refractivity contribution in [2.24, 2.45) is 0 Å². The predicted molar refractivity (Wildman–Crippen MR) is 41.2 cm³/mol. The van der Waals surface area contributed by atoms with Crippen LogP contribution >= 0.6 is 7.60 Å². The van der Waals surface area contributed by atoms with Crippen molar-refractivity contribution in [3.05, 3.63) is 12.7 Å². The van der Waals surface area contributed by atoms with Crippen LogP contribution < -0.4 is 0 Å². The first kappa shape index (κ1) is 10.4. The molecular weight excluding hydrogens is 165 g/mol. The number of rotatable bonds is 4. The highest BCUT2D eigenvalue weighted by atomic mass is 31.2. The molecule has 0 aromatic rings. The molecule has 0 aliphatic rings. The summed E-state index contributed by atoms with van der Waals surface area (Å²) in [5, 5.41) is 8.47. The highest BCUT2D eigenvalue weighted by Crippen LogP contribution is 2.51. The molecule has 0 fully saturated rings. The molecule has 4 nitrogen and oxygen atoms in total. The third-order valence-corrected chi connectivity index (χ3v) is 3.23. The lowest BCUT2D eigenvalue weighted by Crippen LogP contribution is -2.04. The first-order valence-corrected chi connectivity index (χ1v) is 4.49. The van der Waals surface area contributed by atoms with E-state index in [1.54, 1.807) is 6.07 Å². The van der Waals surface area contributed by atoms with Gasteiger partial charge in [0.15, 0.2) is 5.66 Å². The maximum atomic E-state index is 11.4. The van der Waals surface area contributed by atoms with Gasteiger partial charge in [-0.1, -0.05) is 6.08 Å². The Labute approximate surface area is 66.0 Å². The summed E-state index contributed by atoms with van der Waals surface area (Å²) in [6.07, 6.45) is 1.24. The Kier molecular flexibility index (Phi) is 4.06. The van der Waals surface area contributed by atoms with E-state index in [9.17, 15) is 4.57 Å². The molecule has 0 aliphatic carbocycles. The molecule has 0 N–H and O–H groups in total. The average Bonchev–Trinajstić information content (AvgIpc) is 2.06. The monoisotopic (exact) mass is 175 g/mol. The Bertz CT molecular complexity index is 212. The molecule has 0 spiro atoms. The fourth-order valence-corrected chi connectivity index (χ4v) is 1.56. The third kappa shape index (κ3) is 2.16. The molecule has 0 saturated heterocycles. The number of hydrogen-bond donors (Lipinski definition) is 0. The van der Waals surface area contributed by atoms with E-state index in [1.165, 1.54) is 20.3 Å². The van der Waals surface area contributed by atoms with Crippen molar-refractivity contribution in [2.45, 2.75) is 5.66 Å². The highest BCUT2D eigenvalue weighted by molar-refractivity contribution is 7.55. The topological polar surface area (TPSA) is 59.3 Å². The van der Waals surface area contributed by atoms with Gasteiger partial charge in [0, 0.05) is 14.2 Å². The molecule has 11 heavy (non-hydrogen) atoms. The van der Waals surface area contributed by atoms with Crippen molar-refractivity contribution >= 4 is 7.60 Å². The van der Waals surface area contributed by atoms with Crippen molar-refractivity contribution in [2.75, 3.05) is 14.2 Å². The second-order valence-electron chi connectivity index (χ2n) is 1.71. The molecule has 0 saturated carbocycles. The van der Waals surface area contributed by atoms with Gasteiger partial charge in [-0.3, -0.25) is 4.57 Å². The van der Waals surface area contributed by atoms with Gasteiger partial charge in [-0.25, -0.2) is 0 Å². The summed E-state index contributed by atoms with van der Waals surface area (Å²) < 4.78 is 20.5. The first-order valence-electron chi connectivity index (χ1n) is 2.88. The van der Waals surface area contributed by atoms with Gasteiger partial charge in [-0.05, 0) is 0 Å². The van der Waals surface area contributed by atoms with Crippen LogP contribution in [0.1, 0.15) is 0 Å². The van der Waals surface area contributed by atoms with Gasteiger partial charge in [-0.2, -0.15) is 5.26 Å². The fourth-order valence-electron chi connectivity index (χ4n) is 0.554. The number of nitrogens with zero attached hydrogens (tertiary/aromatic N) is 1. The summed E-state index contributed by atoms with van der Waals surface area (Å²) in [6.45, 7) is 3.34. The van der Waals surface area contributed by atoms with Gasteiger partial charge in [0.2, 0.25) is 0 Å². The van der Waals surface area contributed by atoms with E-state index in [0.717, 1.165) is 0 Å². The maximum Gasteiger partial charge on any atom is 0.351 e. The zero-order chi connectivity index (χ0) is 8.91. The van der Waals surface area contributed by atoms with E-state index in [4.69, 9.17) is 5.26 Å². The van der Waals surface area contributed by atoms with Gasteiger partial charge >= 0.3 is 7.60 Å². The Balaban J connectivity index is 4.63. The summed E-state index contributed by atoms with van der Waals surface area (Å²) in [5.74, 6) is 0. The van der Waals surface area contributed by atoms with Crippen molar-refractivity contribution in [1.82, 2.24) is 0 Å².